The van der Waals surface area contributed by atoms with Crippen molar-refractivity contribution in [2.45, 2.75) is 32.5 Å². The number of rotatable bonds is 7. The normalized spacial score (nSPS) is 12.4. The lowest BCUT2D eigenvalue weighted by Gasteiger charge is -2.22. The standard InChI is InChI=1S/C18H24ClN3O/c1-13(2)22(3)18-9-4-14(11-21-18)10-20-12-17(23)15-5-7-16(19)8-6-15/h4-9,11,13,17,20,23H,10,12H2,1-3H3/t17-/m1/s1. The highest BCUT2D eigenvalue weighted by Crippen LogP contribution is 2.16. The fourth-order valence-corrected chi connectivity index (χ4v) is 2.28. The lowest BCUT2D eigenvalue weighted by molar-refractivity contribution is 0.174. The summed E-state index contributed by atoms with van der Waals surface area (Å²) in [5.74, 6) is 0.963. The molecule has 0 aliphatic heterocycles. The van der Waals surface area contributed by atoms with Gasteiger partial charge in [-0.05, 0) is 43.2 Å². The van der Waals surface area contributed by atoms with Crippen molar-refractivity contribution in [3.8, 4) is 0 Å². The maximum absolute atomic E-state index is 10.1. The Balaban J connectivity index is 1.83. The van der Waals surface area contributed by atoms with E-state index in [9.17, 15) is 5.11 Å². The molecule has 0 radical (unpaired) electrons. The van der Waals surface area contributed by atoms with Gasteiger partial charge in [0, 0.05) is 37.4 Å². The minimum atomic E-state index is -0.549. The Kier molecular flexibility index (Phi) is 6.39. The van der Waals surface area contributed by atoms with Crippen molar-refractivity contribution in [3.05, 3.63) is 58.7 Å². The Hall–Kier alpha value is -1.62. The number of anilines is 1. The van der Waals surface area contributed by atoms with Gasteiger partial charge in [0.2, 0.25) is 0 Å². The van der Waals surface area contributed by atoms with Crippen LogP contribution in [-0.4, -0.2) is 29.7 Å². The van der Waals surface area contributed by atoms with Crippen LogP contribution < -0.4 is 10.2 Å². The number of aliphatic hydroxyl groups is 1. The summed E-state index contributed by atoms with van der Waals surface area (Å²) in [5, 5.41) is 14.1. The number of aliphatic hydroxyl groups excluding tert-OH is 1. The van der Waals surface area contributed by atoms with E-state index in [1.807, 2.05) is 31.4 Å². The first kappa shape index (κ1) is 17.7. The van der Waals surface area contributed by atoms with Gasteiger partial charge in [0.25, 0.3) is 0 Å². The number of nitrogens with one attached hydrogen (secondary N) is 1. The maximum Gasteiger partial charge on any atom is 0.128 e. The second-order valence-electron chi connectivity index (χ2n) is 5.93. The second-order valence-corrected chi connectivity index (χ2v) is 6.36. The van der Waals surface area contributed by atoms with Crippen LogP contribution in [0.5, 0.6) is 0 Å². The largest absolute Gasteiger partial charge is 0.387 e. The molecular formula is C18H24ClN3O. The van der Waals surface area contributed by atoms with Crippen molar-refractivity contribution < 1.29 is 5.11 Å². The minimum Gasteiger partial charge on any atom is -0.387 e. The van der Waals surface area contributed by atoms with Gasteiger partial charge in [-0.15, -0.1) is 0 Å². The van der Waals surface area contributed by atoms with Crippen LogP contribution >= 0.6 is 11.6 Å². The van der Waals surface area contributed by atoms with Gasteiger partial charge in [0.15, 0.2) is 0 Å². The van der Waals surface area contributed by atoms with Crippen molar-refractivity contribution in [2.75, 3.05) is 18.5 Å². The molecule has 5 heteroatoms. The molecule has 0 saturated heterocycles. The Labute approximate surface area is 143 Å². The van der Waals surface area contributed by atoms with Crippen molar-refractivity contribution in [1.29, 1.82) is 0 Å². The number of benzene rings is 1. The average molecular weight is 334 g/mol. The quantitative estimate of drug-likeness (QED) is 0.815. The Morgan fingerprint density at radius 2 is 1.87 bits per heavy atom. The predicted molar refractivity (Wildman–Crippen MR) is 95.9 cm³/mol. The second kappa shape index (κ2) is 8.29. The summed E-state index contributed by atoms with van der Waals surface area (Å²) in [7, 11) is 2.04. The van der Waals surface area contributed by atoms with Gasteiger partial charge in [0.05, 0.1) is 6.10 Å². The highest BCUT2D eigenvalue weighted by Gasteiger charge is 2.08. The third-order valence-electron chi connectivity index (χ3n) is 3.87. The van der Waals surface area contributed by atoms with Crippen LogP contribution in [0.25, 0.3) is 0 Å². The lowest BCUT2D eigenvalue weighted by Crippen LogP contribution is -2.26. The Morgan fingerprint density at radius 1 is 1.17 bits per heavy atom. The number of aromatic nitrogens is 1. The summed E-state index contributed by atoms with van der Waals surface area (Å²) < 4.78 is 0. The van der Waals surface area contributed by atoms with E-state index in [4.69, 9.17) is 11.6 Å². The molecule has 0 bridgehead atoms. The summed E-state index contributed by atoms with van der Waals surface area (Å²) in [4.78, 5) is 6.60. The van der Waals surface area contributed by atoms with Crippen LogP contribution in [0.3, 0.4) is 0 Å². The zero-order valence-electron chi connectivity index (χ0n) is 13.8. The highest BCUT2D eigenvalue weighted by atomic mass is 35.5. The third kappa shape index (κ3) is 5.20. The molecule has 1 aromatic heterocycles. The van der Waals surface area contributed by atoms with Crippen molar-refractivity contribution in [3.63, 3.8) is 0 Å². The number of hydrogen-bond acceptors (Lipinski definition) is 4. The van der Waals surface area contributed by atoms with Gasteiger partial charge in [-0.3, -0.25) is 0 Å². The monoisotopic (exact) mass is 333 g/mol. The van der Waals surface area contributed by atoms with Crippen LogP contribution in [0, 0.1) is 0 Å². The zero-order chi connectivity index (χ0) is 16.8. The molecule has 1 aromatic carbocycles. The van der Waals surface area contributed by atoms with Crippen LogP contribution in [0.4, 0.5) is 5.82 Å². The Bertz CT molecular complexity index is 599. The molecule has 0 amide bonds. The molecule has 4 nitrogen and oxygen atoms in total. The predicted octanol–water partition coefficient (Wildman–Crippen LogP) is 3.40. The molecule has 0 saturated carbocycles. The first-order chi connectivity index (χ1) is 11.0. The molecule has 2 N–H and O–H groups in total. The zero-order valence-corrected chi connectivity index (χ0v) is 14.6. The number of halogens is 1. The number of nitrogens with zero attached hydrogens (tertiary/aromatic N) is 2. The molecule has 23 heavy (non-hydrogen) atoms. The van der Waals surface area contributed by atoms with E-state index in [2.05, 4.69) is 35.1 Å². The van der Waals surface area contributed by atoms with E-state index in [-0.39, 0.29) is 0 Å². The summed E-state index contributed by atoms with van der Waals surface area (Å²) in [6.45, 7) is 5.42. The third-order valence-corrected chi connectivity index (χ3v) is 4.12. The fraction of sp³-hybridized carbons (Fsp3) is 0.389. The van der Waals surface area contributed by atoms with Gasteiger partial charge in [-0.1, -0.05) is 29.8 Å². The number of hydrogen-bond donors (Lipinski definition) is 2. The van der Waals surface area contributed by atoms with Gasteiger partial charge in [0.1, 0.15) is 5.82 Å². The summed E-state index contributed by atoms with van der Waals surface area (Å²) in [6, 6.07) is 11.7. The molecule has 1 atom stereocenters. The molecule has 0 unspecified atom stereocenters. The minimum absolute atomic E-state index is 0.418. The van der Waals surface area contributed by atoms with E-state index in [0.717, 1.165) is 16.9 Å². The van der Waals surface area contributed by atoms with Crippen LogP contribution in [0.15, 0.2) is 42.6 Å². The molecular weight excluding hydrogens is 310 g/mol. The van der Waals surface area contributed by atoms with Gasteiger partial charge >= 0.3 is 0 Å². The van der Waals surface area contributed by atoms with Crippen molar-refractivity contribution >= 4 is 17.4 Å². The Morgan fingerprint density at radius 3 is 2.43 bits per heavy atom. The summed E-state index contributed by atoms with van der Waals surface area (Å²) >= 11 is 5.85. The smallest absolute Gasteiger partial charge is 0.128 e. The van der Waals surface area contributed by atoms with E-state index >= 15 is 0 Å². The summed E-state index contributed by atoms with van der Waals surface area (Å²) in [5.41, 5.74) is 1.95. The maximum atomic E-state index is 10.1. The average Bonchev–Trinajstić information content (AvgIpc) is 2.55. The van der Waals surface area contributed by atoms with Crippen LogP contribution in [0.1, 0.15) is 31.1 Å². The fourth-order valence-electron chi connectivity index (χ4n) is 2.15. The number of pyridine rings is 1. The van der Waals surface area contributed by atoms with Crippen LogP contribution in [-0.2, 0) is 6.54 Å². The van der Waals surface area contributed by atoms with E-state index in [1.165, 1.54) is 0 Å². The summed E-state index contributed by atoms with van der Waals surface area (Å²) in [6.07, 6.45) is 1.32. The topological polar surface area (TPSA) is 48.4 Å². The molecule has 1 heterocycles. The molecule has 0 fully saturated rings. The lowest BCUT2D eigenvalue weighted by atomic mass is 10.1. The molecule has 2 rings (SSSR count). The highest BCUT2D eigenvalue weighted by molar-refractivity contribution is 6.30. The molecule has 124 valence electrons. The van der Waals surface area contributed by atoms with Crippen molar-refractivity contribution in [1.82, 2.24) is 10.3 Å². The van der Waals surface area contributed by atoms with Gasteiger partial charge in [-0.25, -0.2) is 4.98 Å². The molecule has 0 aliphatic carbocycles. The first-order valence-electron chi connectivity index (χ1n) is 7.79. The van der Waals surface area contributed by atoms with Gasteiger partial charge in [-0.2, -0.15) is 0 Å². The van der Waals surface area contributed by atoms with Gasteiger partial charge < -0.3 is 15.3 Å². The van der Waals surface area contributed by atoms with Crippen molar-refractivity contribution in [2.24, 2.45) is 0 Å². The van der Waals surface area contributed by atoms with E-state index < -0.39 is 6.10 Å². The van der Waals surface area contributed by atoms with E-state index in [1.54, 1.807) is 12.1 Å². The van der Waals surface area contributed by atoms with Crippen LogP contribution in [0.2, 0.25) is 5.02 Å². The molecule has 2 aromatic rings. The first-order valence-corrected chi connectivity index (χ1v) is 8.17. The SMILES string of the molecule is CC(C)N(C)c1ccc(CNC[C@@H](O)c2ccc(Cl)cc2)cn1. The van der Waals surface area contributed by atoms with E-state index in [0.29, 0.717) is 24.2 Å². The molecule has 0 aliphatic rings. The molecule has 0 spiro atoms.